The topological polar surface area (TPSA) is 91.6 Å². The van der Waals surface area contributed by atoms with Gasteiger partial charge in [0.15, 0.2) is 16.1 Å². The maximum Gasteiger partial charge on any atom is 0.181 e. The van der Waals surface area contributed by atoms with Crippen molar-refractivity contribution in [1.29, 1.82) is 0 Å². The third kappa shape index (κ3) is 2.87. The third-order valence-corrected chi connectivity index (χ3v) is 7.07. The van der Waals surface area contributed by atoms with E-state index >= 15 is 0 Å². The summed E-state index contributed by atoms with van der Waals surface area (Å²) in [6.07, 6.45) is -0.627. The Morgan fingerprint density at radius 2 is 1.92 bits per heavy atom. The van der Waals surface area contributed by atoms with Crippen LogP contribution in [0, 0.1) is 0 Å². The lowest BCUT2D eigenvalue weighted by Gasteiger charge is -2.12. The van der Waals surface area contributed by atoms with Gasteiger partial charge in [0, 0.05) is 34.0 Å². The Morgan fingerprint density at radius 3 is 2.62 bits per heavy atom. The van der Waals surface area contributed by atoms with E-state index in [1.807, 2.05) is 30.3 Å². The summed E-state index contributed by atoms with van der Waals surface area (Å²) in [5.74, 6) is 0.146. The number of aliphatic hydroxyl groups excluding tert-OH is 1. The smallest absolute Gasteiger partial charge is 0.181 e. The first kappa shape index (κ1) is 17.7. The quantitative estimate of drug-likeness (QED) is 0.431. The van der Waals surface area contributed by atoms with Crippen LogP contribution in [-0.4, -0.2) is 29.1 Å². The molecular weight excluding hydrogens is 420 g/mol. The molecule has 8 heteroatoms. The Kier molecular flexibility index (Phi) is 4.40. The van der Waals surface area contributed by atoms with Crippen molar-refractivity contribution in [3.05, 3.63) is 63.8 Å². The molecule has 2 aromatic carbocycles. The lowest BCUT2D eigenvalue weighted by molar-refractivity contribution is 0.000692. The standard InChI is InChI=1S/C18H17BrN2O4S/c19-13-5-6-15-14(9-13)17-16(7-8-26(17,24)25)21(15)10-11-1-3-12(4-2-11)18(22)20-23/h1-6,9,18,20,22-23H,7-8,10H2. The number of sulfone groups is 1. The van der Waals surface area contributed by atoms with Crippen molar-refractivity contribution >= 4 is 36.7 Å². The predicted octanol–water partition coefficient (Wildman–Crippen LogP) is 2.75. The zero-order valence-corrected chi connectivity index (χ0v) is 16.1. The van der Waals surface area contributed by atoms with Crippen molar-refractivity contribution in [3.63, 3.8) is 0 Å². The summed E-state index contributed by atoms with van der Waals surface area (Å²) in [7, 11) is -3.25. The van der Waals surface area contributed by atoms with Gasteiger partial charge in [0.25, 0.3) is 0 Å². The minimum Gasteiger partial charge on any atom is -0.372 e. The van der Waals surface area contributed by atoms with Gasteiger partial charge in [-0.05, 0) is 29.3 Å². The molecule has 1 aliphatic heterocycles. The summed E-state index contributed by atoms with van der Waals surface area (Å²) in [6.45, 7) is 0.534. The van der Waals surface area contributed by atoms with Gasteiger partial charge in [0.1, 0.15) is 0 Å². The summed E-state index contributed by atoms with van der Waals surface area (Å²) in [6, 6.07) is 12.9. The van der Waals surface area contributed by atoms with Crippen LogP contribution in [0.4, 0.5) is 0 Å². The van der Waals surface area contributed by atoms with Crippen LogP contribution in [-0.2, 0) is 22.8 Å². The van der Waals surface area contributed by atoms with Crippen molar-refractivity contribution in [2.75, 3.05) is 5.75 Å². The number of aromatic nitrogens is 1. The lowest BCUT2D eigenvalue weighted by atomic mass is 10.1. The van der Waals surface area contributed by atoms with E-state index in [0.29, 0.717) is 23.4 Å². The zero-order valence-electron chi connectivity index (χ0n) is 13.7. The summed E-state index contributed by atoms with van der Waals surface area (Å²) in [5, 5.41) is 19.1. The average molecular weight is 437 g/mol. The van der Waals surface area contributed by atoms with Gasteiger partial charge >= 0.3 is 0 Å². The maximum absolute atomic E-state index is 12.5. The highest BCUT2D eigenvalue weighted by molar-refractivity contribution is 9.10. The molecule has 2 heterocycles. The van der Waals surface area contributed by atoms with Crippen LogP contribution in [0.1, 0.15) is 23.0 Å². The number of aliphatic hydroxyl groups is 1. The molecule has 1 unspecified atom stereocenters. The van der Waals surface area contributed by atoms with Gasteiger partial charge in [-0.25, -0.2) is 8.42 Å². The molecule has 136 valence electrons. The Hall–Kier alpha value is -1.71. The van der Waals surface area contributed by atoms with Crippen LogP contribution in [0.5, 0.6) is 0 Å². The summed E-state index contributed by atoms with van der Waals surface area (Å²) in [5.41, 5.74) is 5.06. The van der Waals surface area contributed by atoms with Crippen LogP contribution < -0.4 is 5.48 Å². The van der Waals surface area contributed by atoms with E-state index in [1.54, 1.807) is 17.6 Å². The molecule has 0 saturated carbocycles. The van der Waals surface area contributed by atoms with Crippen LogP contribution in [0.25, 0.3) is 10.9 Å². The molecule has 3 aromatic rings. The predicted molar refractivity (Wildman–Crippen MR) is 101 cm³/mol. The van der Waals surface area contributed by atoms with Gasteiger partial charge in [-0.2, -0.15) is 5.48 Å². The number of hydrogen-bond donors (Lipinski definition) is 3. The van der Waals surface area contributed by atoms with Gasteiger partial charge in [-0.3, -0.25) is 0 Å². The second-order valence-electron chi connectivity index (χ2n) is 6.37. The SMILES string of the molecule is O=S1(=O)CCc2c1c1cc(Br)ccc1n2Cc1ccc(C(O)NO)cc1. The molecule has 4 rings (SSSR count). The zero-order chi connectivity index (χ0) is 18.5. The van der Waals surface area contributed by atoms with E-state index in [9.17, 15) is 13.5 Å². The molecule has 3 N–H and O–H groups in total. The summed E-state index contributed by atoms with van der Waals surface area (Å²) < 4.78 is 27.9. The van der Waals surface area contributed by atoms with Gasteiger partial charge < -0.3 is 14.9 Å². The molecule has 1 aliphatic rings. The van der Waals surface area contributed by atoms with Gasteiger partial charge in [-0.15, -0.1) is 0 Å². The number of benzene rings is 2. The van der Waals surface area contributed by atoms with E-state index in [-0.39, 0.29) is 5.75 Å². The van der Waals surface area contributed by atoms with Crippen molar-refractivity contribution in [1.82, 2.24) is 10.0 Å². The summed E-state index contributed by atoms with van der Waals surface area (Å²) >= 11 is 3.43. The first-order valence-corrected chi connectivity index (χ1v) is 10.5. The highest BCUT2D eigenvalue weighted by atomic mass is 79.9. The highest BCUT2D eigenvalue weighted by Crippen LogP contribution is 2.37. The van der Waals surface area contributed by atoms with E-state index in [1.165, 1.54) is 0 Å². The van der Waals surface area contributed by atoms with Crippen molar-refractivity contribution < 1.29 is 18.7 Å². The number of hydrogen-bond acceptors (Lipinski definition) is 5. The minimum absolute atomic E-state index is 0.146. The van der Waals surface area contributed by atoms with Crippen LogP contribution in [0.15, 0.2) is 51.8 Å². The highest BCUT2D eigenvalue weighted by Gasteiger charge is 2.33. The number of nitrogens with zero attached hydrogens (tertiary/aromatic N) is 1. The number of hydroxylamine groups is 1. The molecule has 0 amide bonds. The Balaban J connectivity index is 1.81. The third-order valence-electron chi connectivity index (χ3n) is 4.76. The second kappa shape index (κ2) is 6.47. The van der Waals surface area contributed by atoms with E-state index in [2.05, 4.69) is 20.5 Å². The van der Waals surface area contributed by atoms with E-state index in [4.69, 9.17) is 5.21 Å². The van der Waals surface area contributed by atoms with Gasteiger partial charge in [0.05, 0.1) is 10.6 Å². The molecule has 1 aromatic heterocycles. The lowest BCUT2D eigenvalue weighted by Crippen LogP contribution is -2.15. The van der Waals surface area contributed by atoms with Gasteiger partial charge in [0.2, 0.25) is 0 Å². The second-order valence-corrected chi connectivity index (χ2v) is 9.33. The first-order valence-electron chi connectivity index (χ1n) is 8.10. The normalized spacial score (nSPS) is 16.7. The largest absolute Gasteiger partial charge is 0.372 e. The Labute approximate surface area is 159 Å². The number of halogens is 1. The molecule has 0 fully saturated rings. The molecule has 26 heavy (non-hydrogen) atoms. The van der Waals surface area contributed by atoms with Gasteiger partial charge in [-0.1, -0.05) is 40.2 Å². The van der Waals surface area contributed by atoms with E-state index in [0.717, 1.165) is 26.6 Å². The minimum atomic E-state index is -3.25. The number of fused-ring (bicyclic) bond motifs is 3. The fourth-order valence-corrected chi connectivity index (χ4v) is 5.62. The summed E-state index contributed by atoms with van der Waals surface area (Å²) in [4.78, 5) is 0.449. The fourth-order valence-electron chi connectivity index (χ4n) is 3.52. The van der Waals surface area contributed by atoms with Crippen molar-refractivity contribution in [2.45, 2.75) is 24.1 Å². The van der Waals surface area contributed by atoms with E-state index < -0.39 is 16.1 Å². The number of nitrogens with one attached hydrogen (secondary N) is 1. The fraction of sp³-hybridized carbons (Fsp3) is 0.222. The molecule has 1 atom stereocenters. The van der Waals surface area contributed by atoms with Crippen molar-refractivity contribution in [2.24, 2.45) is 0 Å². The van der Waals surface area contributed by atoms with Crippen molar-refractivity contribution in [3.8, 4) is 0 Å². The maximum atomic E-state index is 12.5. The average Bonchev–Trinajstić information content (AvgIpc) is 3.10. The first-order chi connectivity index (χ1) is 12.4. The molecule has 0 bridgehead atoms. The Bertz CT molecular complexity index is 1090. The molecule has 0 aliphatic carbocycles. The van der Waals surface area contributed by atoms with Crippen LogP contribution in [0.2, 0.25) is 0 Å². The molecular formula is C18H17BrN2O4S. The molecule has 6 nitrogen and oxygen atoms in total. The molecule has 0 saturated heterocycles. The molecule has 0 spiro atoms. The van der Waals surface area contributed by atoms with Crippen LogP contribution in [0.3, 0.4) is 0 Å². The van der Waals surface area contributed by atoms with Crippen LogP contribution >= 0.6 is 15.9 Å². The Morgan fingerprint density at radius 1 is 1.19 bits per heavy atom. The monoisotopic (exact) mass is 436 g/mol. The number of rotatable bonds is 4. The molecule has 0 radical (unpaired) electrons.